The van der Waals surface area contributed by atoms with E-state index in [1.807, 2.05) is 26.8 Å². The monoisotopic (exact) mass is 381 g/mol. The molecule has 146 valence electrons. The third kappa shape index (κ3) is 3.62. The van der Waals surface area contributed by atoms with E-state index >= 15 is 0 Å². The highest BCUT2D eigenvalue weighted by atomic mass is 19.1. The number of hydrogen-bond donors (Lipinski definition) is 2. The van der Waals surface area contributed by atoms with E-state index in [9.17, 15) is 9.18 Å². The Hall–Kier alpha value is -2.80. The molecule has 4 rings (SSSR count). The van der Waals surface area contributed by atoms with Gasteiger partial charge in [0.1, 0.15) is 11.6 Å². The Morgan fingerprint density at radius 2 is 2.11 bits per heavy atom. The lowest BCUT2D eigenvalue weighted by Crippen LogP contribution is -2.37. The van der Waals surface area contributed by atoms with Crippen LogP contribution in [0.15, 0.2) is 35.3 Å². The van der Waals surface area contributed by atoms with Gasteiger partial charge in [0.2, 0.25) is 0 Å². The fraction of sp³-hybridized carbons (Fsp3) is 0.381. The summed E-state index contributed by atoms with van der Waals surface area (Å²) < 4.78 is 13.6. The molecular formula is C21H24FN5O. The van der Waals surface area contributed by atoms with Crippen molar-refractivity contribution >= 4 is 0 Å². The van der Waals surface area contributed by atoms with Crippen LogP contribution in [0, 0.1) is 5.82 Å². The van der Waals surface area contributed by atoms with Gasteiger partial charge in [-0.1, -0.05) is 32.9 Å². The van der Waals surface area contributed by atoms with Crippen LogP contribution >= 0.6 is 0 Å². The average Bonchev–Trinajstić information content (AvgIpc) is 3.09. The maximum Gasteiger partial charge on any atom is 0.255 e. The van der Waals surface area contributed by atoms with Gasteiger partial charge < -0.3 is 4.98 Å². The van der Waals surface area contributed by atoms with Gasteiger partial charge in [-0.3, -0.25) is 14.8 Å². The van der Waals surface area contributed by atoms with Gasteiger partial charge in [0.15, 0.2) is 0 Å². The molecule has 0 amide bonds. The first-order valence-corrected chi connectivity index (χ1v) is 9.44. The number of benzene rings is 1. The highest BCUT2D eigenvalue weighted by molar-refractivity contribution is 5.62. The zero-order chi connectivity index (χ0) is 19.9. The van der Waals surface area contributed by atoms with Crippen molar-refractivity contribution in [1.29, 1.82) is 0 Å². The van der Waals surface area contributed by atoms with E-state index in [1.54, 1.807) is 12.3 Å². The van der Waals surface area contributed by atoms with Crippen molar-refractivity contribution < 1.29 is 4.39 Å². The molecule has 0 saturated carbocycles. The van der Waals surface area contributed by atoms with E-state index in [0.717, 1.165) is 46.9 Å². The highest BCUT2D eigenvalue weighted by Gasteiger charge is 2.25. The Bertz CT molecular complexity index is 1060. The van der Waals surface area contributed by atoms with Crippen LogP contribution in [0.1, 0.15) is 43.4 Å². The minimum absolute atomic E-state index is 0.0582. The molecular weight excluding hydrogens is 357 g/mol. The lowest BCUT2D eigenvalue weighted by atomic mass is 9.95. The standard InChI is InChI=1S/C21H24FN5O/c1-21(2,3)20-24-17-7-8-27(12-16(17)19(28)25-20)11-14-10-23-26-18(14)13-5-4-6-15(22)9-13/h4-6,9-10H,7-8,11-12H2,1-3H3,(H,23,26)(H,24,25,28). The maximum absolute atomic E-state index is 13.6. The second-order valence-corrected chi connectivity index (χ2v) is 8.33. The normalized spacial score (nSPS) is 14.9. The topological polar surface area (TPSA) is 77.7 Å². The summed E-state index contributed by atoms with van der Waals surface area (Å²) in [6, 6.07) is 6.45. The summed E-state index contributed by atoms with van der Waals surface area (Å²) in [6.07, 6.45) is 2.50. The van der Waals surface area contributed by atoms with Crippen molar-refractivity contribution in [2.75, 3.05) is 6.54 Å². The summed E-state index contributed by atoms with van der Waals surface area (Å²) in [5, 5.41) is 7.11. The summed E-state index contributed by atoms with van der Waals surface area (Å²) in [5.41, 5.74) is 3.92. The third-order valence-corrected chi connectivity index (χ3v) is 5.08. The second-order valence-electron chi connectivity index (χ2n) is 8.33. The van der Waals surface area contributed by atoms with E-state index in [2.05, 4.69) is 20.1 Å². The molecule has 2 N–H and O–H groups in total. The van der Waals surface area contributed by atoms with Gasteiger partial charge in [0.25, 0.3) is 5.56 Å². The number of aromatic nitrogens is 4. The average molecular weight is 381 g/mol. The number of nitrogens with zero attached hydrogens (tertiary/aromatic N) is 3. The van der Waals surface area contributed by atoms with Gasteiger partial charge >= 0.3 is 0 Å². The van der Waals surface area contributed by atoms with Crippen molar-refractivity contribution in [3.63, 3.8) is 0 Å². The molecule has 0 saturated heterocycles. The molecule has 28 heavy (non-hydrogen) atoms. The molecule has 1 aromatic carbocycles. The minimum Gasteiger partial charge on any atom is -0.310 e. The number of aromatic amines is 2. The molecule has 0 fully saturated rings. The van der Waals surface area contributed by atoms with E-state index < -0.39 is 0 Å². The molecule has 0 radical (unpaired) electrons. The lowest BCUT2D eigenvalue weighted by molar-refractivity contribution is 0.241. The summed E-state index contributed by atoms with van der Waals surface area (Å²) in [4.78, 5) is 22.5. The molecule has 6 nitrogen and oxygen atoms in total. The van der Waals surface area contributed by atoms with Gasteiger partial charge in [-0.15, -0.1) is 0 Å². The van der Waals surface area contributed by atoms with Crippen LogP contribution in [0.5, 0.6) is 0 Å². The second kappa shape index (κ2) is 6.98. The predicted octanol–water partition coefficient (Wildman–Crippen LogP) is 3.15. The summed E-state index contributed by atoms with van der Waals surface area (Å²) in [5.74, 6) is 0.449. The maximum atomic E-state index is 13.6. The molecule has 0 spiro atoms. The molecule has 0 atom stereocenters. The third-order valence-electron chi connectivity index (χ3n) is 5.08. The van der Waals surface area contributed by atoms with Crippen molar-refractivity contribution in [3.05, 3.63) is 69.3 Å². The molecule has 2 aromatic heterocycles. The fourth-order valence-corrected chi connectivity index (χ4v) is 3.54. The number of H-pyrrole nitrogens is 2. The quantitative estimate of drug-likeness (QED) is 0.731. The molecule has 0 unspecified atom stereocenters. The van der Waals surface area contributed by atoms with Crippen molar-refractivity contribution in [3.8, 4) is 11.3 Å². The Labute approximate surface area is 162 Å². The van der Waals surface area contributed by atoms with Crippen LogP contribution in [0.2, 0.25) is 0 Å². The molecule has 1 aliphatic rings. The predicted molar refractivity (Wildman–Crippen MR) is 105 cm³/mol. The van der Waals surface area contributed by atoms with E-state index in [1.165, 1.54) is 12.1 Å². The molecule has 0 bridgehead atoms. The highest BCUT2D eigenvalue weighted by Crippen LogP contribution is 2.25. The summed E-state index contributed by atoms with van der Waals surface area (Å²) in [7, 11) is 0. The van der Waals surface area contributed by atoms with Crippen LogP contribution in [-0.4, -0.2) is 31.6 Å². The van der Waals surface area contributed by atoms with Gasteiger partial charge in [-0.05, 0) is 12.1 Å². The Morgan fingerprint density at radius 3 is 2.86 bits per heavy atom. The van der Waals surface area contributed by atoms with Crippen LogP contribution in [0.3, 0.4) is 0 Å². The van der Waals surface area contributed by atoms with Gasteiger partial charge in [0, 0.05) is 42.6 Å². The zero-order valence-corrected chi connectivity index (χ0v) is 16.3. The lowest BCUT2D eigenvalue weighted by Gasteiger charge is -2.28. The first-order valence-electron chi connectivity index (χ1n) is 9.44. The van der Waals surface area contributed by atoms with Crippen LogP contribution < -0.4 is 5.56 Å². The van der Waals surface area contributed by atoms with Crippen LogP contribution in [-0.2, 0) is 24.9 Å². The number of hydrogen-bond acceptors (Lipinski definition) is 4. The van der Waals surface area contributed by atoms with Crippen LogP contribution in [0.4, 0.5) is 4.39 Å². The molecule has 3 aromatic rings. The van der Waals surface area contributed by atoms with Gasteiger partial charge in [0.05, 0.1) is 23.1 Å². The van der Waals surface area contributed by atoms with E-state index in [4.69, 9.17) is 4.98 Å². The molecule has 1 aliphatic heterocycles. The summed E-state index contributed by atoms with van der Waals surface area (Å²) in [6.45, 7) is 8.10. The number of halogens is 1. The molecule has 7 heteroatoms. The van der Waals surface area contributed by atoms with Gasteiger partial charge in [-0.2, -0.15) is 5.10 Å². The first-order chi connectivity index (χ1) is 13.3. The van der Waals surface area contributed by atoms with E-state index in [0.29, 0.717) is 13.1 Å². The SMILES string of the molecule is CC(C)(C)c1nc2c(c(=O)[nH]1)CN(Cc1cn[nH]c1-c1cccc(F)c1)CC2. The largest absolute Gasteiger partial charge is 0.310 e. The minimum atomic E-state index is -0.280. The van der Waals surface area contributed by atoms with Crippen molar-refractivity contribution in [2.24, 2.45) is 0 Å². The van der Waals surface area contributed by atoms with Crippen molar-refractivity contribution in [2.45, 2.75) is 45.7 Å². The number of fused-ring (bicyclic) bond motifs is 1. The molecule has 3 heterocycles. The Morgan fingerprint density at radius 1 is 1.29 bits per heavy atom. The van der Waals surface area contributed by atoms with Crippen molar-refractivity contribution in [1.82, 2.24) is 25.1 Å². The Kier molecular flexibility index (Phi) is 4.63. The van der Waals surface area contributed by atoms with Crippen LogP contribution in [0.25, 0.3) is 11.3 Å². The Balaban J connectivity index is 1.57. The fourth-order valence-electron chi connectivity index (χ4n) is 3.54. The zero-order valence-electron chi connectivity index (χ0n) is 16.3. The summed E-state index contributed by atoms with van der Waals surface area (Å²) >= 11 is 0. The van der Waals surface area contributed by atoms with Gasteiger partial charge in [-0.25, -0.2) is 9.37 Å². The number of nitrogens with one attached hydrogen (secondary N) is 2. The molecule has 0 aliphatic carbocycles. The first kappa shape index (κ1) is 18.6. The number of rotatable bonds is 3. The van der Waals surface area contributed by atoms with E-state index in [-0.39, 0.29) is 16.8 Å². The smallest absolute Gasteiger partial charge is 0.255 e.